The van der Waals surface area contributed by atoms with E-state index in [4.69, 9.17) is 0 Å². The average Bonchev–Trinajstić information content (AvgIpc) is 2.88. The molecule has 0 amide bonds. The van der Waals surface area contributed by atoms with E-state index in [1.165, 1.54) is 22.7 Å². The molecule has 0 bridgehead atoms. The van der Waals surface area contributed by atoms with Crippen LogP contribution in [0.5, 0.6) is 0 Å². The molecule has 0 saturated heterocycles. The van der Waals surface area contributed by atoms with Crippen LogP contribution in [0.25, 0.3) is 0 Å². The molecular formula is C9H11N3O2S3. The van der Waals surface area contributed by atoms with Crippen LogP contribution in [0.4, 0.5) is 5.13 Å². The summed E-state index contributed by atoms with van der Waals surface area (Å²) in [5, 5.41) is 6.91. The lowest BCUT2D eigenvalue weighted by atomic mass is 10.3. The van der Waals surface area contributed by atoms with Crippen LogP contribution in [0.2, 0.25) is 0 Å². The zero-order valence-electron chi connectivity index (χ0n) is 9.00. The Hall–Kier alpha value is -0.960. The number of sulfonamides is 1. The summed E-state index contributed by atoms with van der Waals surface area (Å²) in [4.78, 5) is 3.89. The van der Waals surface area contributed by atoms with E-state index >= 15 is 0 Å². The zero-order valence-corrected chi connectivity index (χ0v) is 11.5. The fraction of sp³-hybridized carbons (Fsp3) is 0.222. The van der Waals surface area contributed by atoms with Gasteiger partial charge in [-0.25, -0.2) is 13.4 Å². The van der Waals surface area contributed by atoms with Crippen molar-refractivity contribution < 1.29 is 8.42 Å². The lowest BCUT2D eigenvalue weighted by Gasteiger charge is -2.01. The van der Waals surface area contributed by atoms with Crippen molar-refractivity contribution in [1.29, 1.82) is 0 Å². The Morgan fingerprint density at radius 3 is 2.88 bits per heavy atom. The second-order valence-corrected chi connectivity index (χ2v) is 6.96. The number of thiazole rings is 1. The van der Waals surface area contributed by atoms with Crippen LogP contribution in [0.15, 0.2) is 27.2 Å². The van der Waals surface area contributed by atoms with Crippen LogP contribution < -0.4 is 10.0 Å². The van der Waals surface area contributed by atoms with Crippen LogP contribution in [-0.4, -0.2) is 20.4 Å². The second kappa shape index (κ2) is 5.13. The third-order valence-electron chi connectivity index (χ3n) is 1.93. The van der Waals surface area contributed by atoms with Crippen molar-refractivity contribution in [3.8, 4) is 0 Å². The van der Waals surface area contributed by atoms with E-state index in [1.54, 1.807) is 17.6 Å². The third-order valence-corrected chi connectivity index (χ3v) is 5.57. The maximum Gasteiger partial charge on any atom is 0.273 e. The largest absolute Gasteiger partial charge is 0.316 e. The molecule has 0 atom stereocenters. The second-order valence-electron chi connectivity index (χ2n) is 3.25. The van der Waals surface area contributed by atoms with Gasteiger partial charge >= 0.3 is 0 Å². The normalized spacial score (nSPS) is 11.6. The maximum absolute atomic E-state index is 12.0. The van der Waals surface area contributed by atoms with E-state index in [-0.39, 0.29) is 0 Å². The summed E-state index contributed by atoms with van der Waals surface area (Å²) in [5.74, 6) is 0. The average molecular weight is 289 g/mol. The zero-order chi connectivity index (χ0) is 12.3. The Morgan fingerprint density at radius 1 is 1.41 bits per heavy atom. The van der Waals surface area contributed by atoms with E-state index in [0.29, 0.717) is 15.9 Å². The van der Waals surface area contributed by atoms with Crippen molar-refractivity contribution in [2.24, 2.45) is 0 Å². The van der Waals surface area contributed by atoms with Gasteiger partial charge in [0.1, 0.15) is 4.21 Å². The van der Waals surface area contributed by atoms with Crippen LogP contribution in [0.1, 0.15) is 5.56 Å². The lowest BCUT2D eigenvalue weighted by Crippen LogP contribution is -2.11. The van der Waals surface area contributed by atoms with Crippen molar-refractivity contribution in [2.75, 3.05) is 11.8 Å². The van der Waals surface area contributed by atoms with Crippen LogP contribution in [0, 0.1) is 0 Å². The number of nitrogens with one attached hydrogen (secondary N) is 2. The van der Waals surface area contributed by atoms with Crippen LogP contribution in [0.3, 0.4) is 0 Å². The summed E-state index contributed by atoms with van der Waals surface area (Å²) in [7, 11) is -1.67. The molecule has 17 heavy (non-hydrogen) atoms. The standard InChI is InChI=1S/C9H11N3O2S3/c1-10-5-7-4-8(16-6-7)17(13,14)12-9-11-2-3-15-9/h2-4,6,10H,5H2,1H3,(H,11,12). The van der Waals surface area contributed by atoms with Gasteiger partial charge in [-0.2, -0.15) is 0 Å². The summed E-state index contributed by atoms with van der Waals surface area (Å²) < 4.78 is 26.7. The number of hydrogen-bond donors (Lipinski definition) is 2. The van der Waals surface area contributed by atoms with Gasteiger partial charge in [-0.05, 0) is 24.1 Å². The Bertz CT molecular complexity index is 574. The smallest absolute Gasteiger partial charge is 0.273 e. The molecule has 0 aliphatic heterocycles. The van der Waals surface area contributed by atoms with Gasteiger partial charge < -0.3 is 5.32 Å². The SMILES string of the molecule is CNCc1csc(S(=O)(=O)Nc2nccs2)c1. The minimum Gasteiger partial charge on any atom is -0.316 e. The van der Waals surface area contributed by atoms with E-state index in [1.807, 2.05) is 12.4 Å². The van der Waals surface area contributed by atoms with Gasteiger partial charge in [0.05, 0.1) is 0 Å². The fourth-order valence-electron chi connectivity index (χ4n) is 1.23. The summed E-state index contributed by atoms with van der Waals surface area (Å²) in [6, 6.07) is 1.66. The minimum absolute atomic E-state index is 0.304. The Morgan fingerprint density at radius 2 is 2.24 bits per heavy atom. The van der Waals surface area contributed by atoms with Gasteiger partial charge in [0.25, 0.3) is 10.0 Å². The molecule has 0 fully saturated rings. The van der Waals surface area contributed by atoms with Crippen molar-refractivity contribution in [1.82, 2.24) is 10.3 Å². The molecule has 2 N–H and O–H groups in total. The molecule has 2 aromatic heterocycles. The van der Waals surface area contributed by atoms with Gasteiger partial charge in [0, 0.05) is 18.1 Å². The summed E-state index contributed by atoms with van der Waals surface area (Å²) in [6.07, 6.45) is 1.56. The Balaban J connectivity index is 2.19. The highest BCUT2D eigenvalue weighted by atomic mass is 32.2. The van der Waals surface area contributed by atoms with Crippen LogP contribution in [-0.2, 0) is 16.6 Å². The first-order valence-corrected chi connectivity index (χ1v) is 8.00. The van der Waals surface area contributed by atoms with Crippen LogP contribution >= 0.6 is 22.7 Å². The van der Waals surface area contributed by atoms with Gasteiger partial charge in [-0.1, -0.05) is 0 Å². The number of aromatic nitrogens is 1. The van der Waals surface area contributed by atoms with Gasteiger partial charge in [0.15, 0.2) is 5.13 Å². The molecule has 0 radical (unpaired) electrons. The fourth-order valence-corrected chi connectivity index (χ4v) is 4.23. The maximum atomic E-state index is 12.0. The molecule has 2 rings (SSSR count). The van der Waals surface area contributed by atoms with Crippen molar-refractivity contribution in [3.05, 3.63) is 28.6 Å². The predicted molar refractivity (Wildman–Crippen MR) is 70.0 cm³/mol. The predicted octanol–water partition coefficient (Wildman–Crippen LogP) is 1.72. The molecule has 0 saturated carbocycles. The van der Waals surface area contributed by atoms with Crippen molar-refractivity contribution in [2.45, 2.75) is 10.8 Å². The van der Waals surface area contributed by atoms with Gasteiger partial charge in [-0.15, -0.1) is 22.7 Å². The number of hydrogen-bond acceptors (Lipinski definition) is 6. The minimum atomic E-state index is -3.49. The van der Waals surface area contributed by atoms with E-state index in [2.05, 4.69) is 15.0 Å². The molecule has 92 valence electrons. The molecular weight excluding hydrogens is 278 g/mol. The summed E-state index contributed by atoms with van der Waals surface area (Å²) in [5.41, 5.74) is 0.956. The van der Waals surface area contributed by atoms with Crippen molar-refractivity contribution >= 4 is 37.8 Å². The molecule has 5 nitrogen and oxygen atoms in total. The highest BCUT2D eigenvalue weighted by Crippen LogP contribution is 2.23. The first-order chi connectivity index (χ1) is 8.12. The highest BCUT2D eigenvalue weighted by Gasteiger charge is 2.17. The lowest BCUT2D eigenvalue weighted by molar-refractivity contribution is 0.603. The first kappa shape index (κ1) is 12.5. The molecule has 0 aliphatic carbocycles. The monoisotopic (exact) mass is 289 g/mol. The molecule has 0 aromatic carbocycles. The Labute approximate surface area is 108 Å². The number of thiophene rings is 1. The molecule has 8 heteroatoms. The quantitative estimate of drug-likeness (QED) is 0.879. The molecule has 0 unspecified atom stereocenters. The first-order valence-electron chi connectivity index (χ1n) is 4.76. The summed E-state index contributed by atoms with van der Waals surface area (Å²) >= 11 is 2.46. The highest BCUT2D eigenvalue weighted by molar-refractivity contribution is 7.94. The number of nitrogens with zero attached hydrogens (tertiary/aromatic N) is 1. The number of rotatable bonds is 5. The van der Waals surface area contributed by atoms with E-state index in [9.17, 15) is 8.42 Å². The summed E-state index contributed by atoms with van der Waals surface area (Å²) in [6.45, 7) is 0.656. The van der Waals surface area contributed by atoms with Gasteiger partial charge in [-0.3, -0.25) is 4.72 Å². The Kier molecular flexibility index (Phi) is 3.77. The third kappa shape index (κ3) is 3.03. The van der Waals surface area contributed by atoms with E-state index < -0.39 is 10.0 Å². The molecule has 2 heterocycles. The van der Waals surface area contributed by atoms with E-state index in [0.717, 1.165) is 5.56 Å². The number of anilines is 1. The topological polar surface area (TPSA) is 71.1 Å². The molecule has 2 aromatic rings. The molecule has 0 spiro atoms. The van der Waals surface area contributed by atoms with Crippen molar-refractivity contribution in [3.63, 3.8) is 0 Å². The van der Waals surface area contributed by atoms with Gasteiger partial charge in [0.2, 0.25) is 0 Å². The molecule has 0 aliphatic rings.